The zero-order valence-electron chi connectivity index (χ0n) is 17.1. The summed E-state index contributed by atoms with van der Waals surface area (Å²) in [6.07, 6.45) is 7.45. The molecule has 0 unspecified atom stereocenters. The summed E-state index contributed by atoms with van der Waals surface area (Å²) in [5.74, 6) is -0.366. The van der Waals surface area contributed by atoms with Crippen molar-refractivity contribution in [2.75, 3.05) is 11.9 Å². The van der Waals surface area contributed by atoms with E-state index in [2.05, 4.69) is 28.9 Å². The van der Waals surface area contributed by atoms with Gasteiger partial charge >= 0.3 is 0 Å². The van der Waals surface area contributed by atoms with Gasteiger partial charge < -0.3 is 14.6 Å². The Hall–Kier alpha value is -2.84. The molecule has 1 atom stereocenters. The van der Waals surface area contributed by atoms with Crippen LogP contribution in [0.2, 0.25) is 0 Å². The van der Waals surface area contributed by atoms with Crippen LogP contribution in [0, 0.1) is 25.2 Å². The van der Waals surface area contributed by atoms with Crippen molar-refractivity contribution in [3.8, 4) is 6.07 Å². The Morgan fingerprint density at radius 2 is 2.10 bits per heavy atom. The van der Waals surface area contributed by atoms with Gasteiger partial charge in [-0.05, 0) is 86.9 Å². The van der Waals surface area contributed by atoms with Crippen LogP contribution in [-0.2, 0) is 28.9 Å². The molecule has 5 heteroatoms. The number of amides is 1. The second kappa shape index (κ2) is 8.26. The van der Waals surface area contributed by atoms with E-state index in [0.29, 0.717) is 0 Å². The Labute approximate surface area is 172 Å². The van der Waals surface area contributed by atoms with Crippen LogP contribution in [0.4, 0.5) is 5.69 Å². The van der Waals surface area contributed by atoms with Crippen molar-refractivity contribution in [3.05, 3.63) is 57.9 Å². The number of anilines is 1. The molecule has 1 aromatic heterocycles. The van der Waals surface area contributed by atoms with Crippen molar-refractivity contribution in [2.45, 2.75) is 58.6 Å². The standard InChI is InChI=1S/C24H27N3O2/c1-16-11-20(17(2)27(16)15-23-7-4-10-29-23)12-21(14-25)24(28)26-22-9-8-18-5-3-6-19(18)13-22/h8-9,11-13,23H,3-7,10,15H2,1-2H3,(H,26,28)/b21-12+/t23-/m0/s1. The number of hydrogen-bond donors (Lipinski definition) is 1. The zero-order chi connectivity index (χ0) is 20.4. The first-order valence-corrected chi connectivity index (χ1v) is 10.4. The molecule has 1 aliphatic carbocycles. The Morgan fingerprint density at radius 1 is 1.28 bits per heavy atom. The first kappa shape index (κ1) is 19.5. The largest absolute Gasteiger partial charge is 0.376 e. The molecule has 4 rings (SSSR count). The van der Waals surface area contributed by atoms with E-state index in [0.717, 1.165) is 67.9 Å². The van der Waals surface area contributed by atoms with Crippen LogP contribution in [0.15, 0.2) is 29.8 Å². The molecule has 0 radical (unpaired) electrons. The molecule has 1 amide bonds. The number of nitriles is 1. The molecule has 0 spiro atoms. The highest BCUT2D eigenvalue weighted by atomic mass is 16.5. The molecule has 0 bridgehead atoms. The van der Waals surface area contributed by atoms with Crippen LogP contribution in [0.25, 0.3) is 6.08 Å². The van der Waals surface area contributed by atoms with Gasteiger partial charge in [0.25, 0.3) is 5.91 Å². The van der Waals surface area contributed by atoms with E-state index < -0.39 is 0 Å². The predicted molar refractivity (Wildman–Crippen MR) is 114 cm³/mol. The summed E-state index contributed by atoms with van der Waals surface area (Å²) in [5, 5.41) is 12.5. The molecule has 5 nitrogen and oxygen atoms in total. The third kappa shape index (κ3) is 4.13. The fourth-order valence-corrected chi connectivity index (χ4v) is 4.40. The van der Waals surface area contributed by atoms with Gasteiger partial charge in [0.15, 0.2) is 0 Å². The van der Waals surface area contributed by atoms with Gasteiger partial charge in [-0.1, -0.05) is 6.07 Å². The third-order valence-electron chi connectivity index (χ3n) is 6.04. The molecule has 1 fully saturated rings. The molecule has 150 valence electrons. The number of aryl methyl sites for hydroxylation is 3. The van der Waals surface area contributed by atoms with Crippen molar-refractivity contribution in [1.82, 2.24) is 4.57 Å². The maximum atomic E-state index is 12.7. The first-order chi connectivity index (χ1) is 14.0. The summed E-state index contributed by atoms with van der Waals surface area (Å²) in [7, 11) is 0. The normalized spacial score (nSPS) is 18.5. The van der Waals surface area contributed by atoms with E-state index in [1.165, 1.54) is 11.1 Å². The third-order valence-corrected chi connectivity index (χ3v) is 6.04. The number of carbonyl (C=O) groups excluding carboxylic acids is 1. The number of rotatable bonds is 5. The molecule has 1 aromatic carbocycles. The molecular weight excluding hydrogens is 362 g/mol. The predicted octanol–water partition coefficient (Wildman–Crippen LogP) is 4.32. The second-order valence-electron chi connectivity index (χ2n) is 8.03. The Balaban J connectivity index is 1.52. The molecule has 2 aromatic rings. The van der Waals surface area contributed by atoms with E-state index in [1.807, 2.05) is 25.1 Å². The minimum absolute atomic E-state index is 0.114. The lowest BCUT2D eigenvalue weighted by Gasteiger charge is -2.14. The number of fused-ring (bicyclic) bond motifs is 1. The fraction of sp³-hybridized carbons (Fsp3) is 0.417. The van der Waals surface area contributed by atoms with E-state index in [1.54, 1.807) is 6.08 Å². The van der Waals surface area contributed by atoms with Gasteiger partial charge in [-0.3, -0.25) is 4.79 Å². The second-order valence-corrected chi connectivity index (χ2v) is 8.03. The maximum Gasteiger partial charge on any atom is 0.266 e. The first-order valence-electron chi connectivity index (χ1n) is 10.4. The molecule has 29 heavy (non-hydrogen) atoms. The number of benzene rings is 1. The number of ether oxygens (including phenoxy) is 1. The highest BCUT2D eigenvalue weighted by Crippen LogP contribution is 2.26. The summed E-state index contributed by atoms with van der Waals surface area (Å²) < 4.78 is 7.98. The van der Waals surface area contributed by atoms with Gasteiger partial charge in [0.1, 0.15) is 11.6 Å². The van der Waals surface area contributed by atoms with Crippen LogP contribution in [0.1, 0.15) is 47.3 Å². The van der Waals surface area contributed by atoms with Crippen LogP contribution in [0.5, 0.6) is 0 Å². The maximum absolute atomic E-state index is 12.7. The summed E-state index contributed by atoms with van der Waals surface area (Å²) in [6.45, 7) is 5.73. The average molecular weight is 389 g/mol. The van der Waals surface area contributed by atoms with E-state index in [4.69, 9.17) is 4.74 Å². The fourth-order valence-electron chi connectivity index (χ4n) is 4.40. The lowest BCUT2D eigenvalue weighted by atomic mass is 10.1. The highest BCUT2D eigenvalue weighted by molar-refractivity contribution is 6.09. The minimum atomic E-state index is -0.366. The number of nitrogens with zero attached hydrogens (tertiary/aromatic N) is 2. The van der Waals surface area contributed by atoms with Crippen molar-refractivity contribution < 1.29 is 9.53 Å². The van der Waals surface area contributed by atoms with Gasteiger partial charge in [-0.15, -0.1) is 0 Å². The monoisotopic (exact) mass is 389 g/mol. The average Bonchev–Trinajstić information content (AvgIpc) is 3.44. The summed E-state index contributed by atoms with van der Waals surface area (Å²) in [4.78, 5) is 12.7. The lowest BCUT2D eigenvalue weighted by Crippen LogP contribution is -2.17. The number of nitrogens with one attached hydrogen (secondary N) is 1. The highest BCUT2D eigenvalue weighted by Gasteiger charge is 2.19. The summed E-state index contributed by atoms with van der Waals surface area (Å²) in [5.41, 5.74) is 6.59. The van der Waals surface area contributed by atoms with Crippen LogP contribution in [0.3, 0.4) is 0 Å². The molecular formula is C24H27N3O2. The topological polar surface area (TPSA) is 67.0 Å². The van der Waals surface area contributed by atoms with Crippen molar-refractivity contribution >= 4 is 17.7 Å². The summed E-state index contributed by atoms with van der Waals surface area (Å²) in [6, 6.07) is 10.1. The van der Waals surface area contributed by atoms with Crippen LogP contribution in [-0.4, -0.2) is 23.2 Å². The number of aromatic nitrogens is 1. The van der Waals surface area contributed by atoms with Gasteiger partial charge in [0.2, 0.25) is 0 Å². The summed E-state index contributed by atoms with van der Waals surface area (Å²) >= 11 is 0. The molecule has 2 heterocycles. The van der Waals surface area contributed by atoms with E-state index >= 15 is 0 Å². The van der Waals surface area contributed by atoms with E-state index in [-0.39, 0.29) is 17.6 Å². The van der Waals surface area contributed by atoms with E-state index in [9.17, 15) is 10.1 Å². The van der Waals surface area contributed by atoms with Crippen molar-refractivity contribution in [3.63, 3.8) is 0 Å². The van der Waals surface area contributed by atoms with Gasteiger partial charge in [0, 0.05) is 30.2 Å². The lowest BCUT2D eigenvalue weighted by molar-refractivity contribution is -0.112. The van der Waals surface area contributed by atoms with Crippen LogP contribution >= 0.6 is 0 Å². The molecule has 1 aliphatic heterocycles. The van der Waals surface area contributed by atoms with Gasteiger partial charge in [0.05, 0.1) is 6.10 Å². The van der Waals surface area contributed by atoms with Crippen molar-refractivity contribution in [2.24, 2.45) is 0 Å². The molecule has 2 aliphatic rings. The quantitative estimate of drug-likeness (QED) is 0.612. The molecule has 0 saturated carbocycles. The Bertz CT molecular complexity index is 1000. The number of hydrogen-bond acceptors (Lipinski definition) is 3. The molecule has 1 saturated heterocycles. The van der Waals surface area contributed by atoms with Gasteiger partial charge in [-0.2, -0.15) is 5.26 Å². The van der Waals surface area contributed by atoms with Crippen molar-refractivity contribution in [1.29, 1.82) is 5.26 Å². The Kier molecular flexibility index (Phi) is 5.55. The van der Waals surface area contributed by atoms with Crippen LogP contribution < -0.4 is 5.32 Å². The minimum Gasteiger partial charge on any atom is -0.376 e. The smallest absolute Gasteiger partial charge is 0.266 e. The molecule has 1 N–H and O–H groups in total. The Morgan fingerprint density at radius 3 is 2.86 bits per heavy atom. The van der Waals surface area contributed by atoms with Gasteiger partial charge in [-0.25, -0.2) is 0 Å². The zero-order valence-corrected chi connectivity index (χ0v) is 17.1. The number of carbonyl (C=O) groups is 1. The SMILES string of the molecule is Cc1cc(/C=C(\C#N)C(=O)Nc2ccc3c(c2)CCC3)c(C)n1C[C@@H]1CCCO1.